The van der Waals surface area contributed by atoms with E-state index in [-0.39, 0.29) is 12.3 Å². The van der Waals surface area contributed by atoms with Gasteiger partial charge in [0.15, 0.2) is 0 Å². The maximum atomic E-state index is 13.3. The number of carboxylic acids is 1. The highest BCUT2D eigenvalue weighted by atomic mass is 19.1. The number of benzene rings is 2. The van der Waals surface area contributed by atoms with Gasteiger partial charge in [0.25, 0.3) is 0 Å². The molecule has 0 bridgehead atoms. The smallest absolute Gasteiger partial charge is 0.310 e. The van der Waals surface area contributed by atoms with Crippen LogP contribution in [-0.2, 0) is 11.2 Å². The van der Waals surface area contributed by atoms with Crippen molar-refractivity contribution in [3.05, 3.63) is 71.0 Å². The highest BCUT2D eigenvalue weighted by molar-refractivity contribution is 5.81. The van der Waals surface area contributed by atoms with E-state index in [0.29, 0.717) is 12.0 Å². The summed E-state index contributed by atoms with van der Waals surface area (Å²) in [7, 11) is 0. The van der Waals surface area contributed by atoms with E-state index in [1.807, 2.05) is 0 Å². The number of carbonyl (C=O) groups is 1. The van der Waals surface area contributed by atoms with Gasteiger partial charge < -0.3 is 5.11 Å². The van der Waals surface area contributed by atoms with Crippen LogP contribution in [0, 0.1) is 22.9 Å². The van der Waals surface area contributed by atoms with Crippen molar-refractivity contribution < 1.29 is 23.1 Å². The van der Waals surface area contributed by atoms with Crippen molar-refractivity contribution in [3.8, 4) is 0 Å². The number of halogens is 3. The van der Waals surface area contributed by atoms with E-state index in [1.165, 1.54) is 12.1 Å². The number of carboxylic acid groups (broad SMARTS) is 1. The largest absolute Gasteiger partial charge is 0.481 e. The second kappa shape index (κ2) is 5.16. The van der Waals surface area contributed by atoms with E-state index >= 15 is 0 Å². The molecule has 2 atom stereocenters. The first-order chi connectivity index (χ1) is 10.4. The molecule has 1 saturated carbocycles. The zero-order valence-corrected chi connectivity index (χ0v) is 11.5. The van der Waals surface area contributed by atoms with Crippen LogP contribution in [0.4, 0.5) is 13.2 Å². The highest BCUT2D eigenvalue weighted by Crippen LogP contribution is 2.61. The van der Waals surface area contributed by atoms with Crippen LogP contribution in [0.3, 0.4) is 0 Å². The fourth-order valence-electron chi connectivity index (χ4n) is 3.02. The van der Waals surface area contributed by atoms with Crippen molar-refractivity contribution in [1.29, 1.82) is 0 Å². The Morgan fingerprint density at radius 2 is 1.64 bits per heavy atom. The molecule has 0 heterocycles. The van der Waals surface area contributed by atoms with Gasteiger partial charge in [0.1, 0.15) is 17.5 Å². The second-order valence-electron chi connectivity index (χ2n) is 5.72. The first-order valence-electron chi connectivity index (χ1n) is 6.84. The molecule has 2 nitrogen and oxygen atoms in total. The minimum atomic E-state index is -1.09. The third-order valence-electron chi connectivity index (χ3n) is 4.22. The highest BCUT2D eigenvalue weighted by Gasteiger charge is 2.60. The van der Waals surface area contributed by atoms with E-state index in [2.05, 4.69) is 0 Å². The first kappa shape index (κ1) is 14.6. The maximum absolute atomic E-state index is 13.3. The van der Waals surface area contributed by atoms with Gasteiger partial charge in [-0.1, -0.05) is 12.1 Å². The van der Waals surface area contributed by atoms with Gasteiger partial charge in [-0.05, 0) is 48.2 Å². The molecule has 2 unspecified atom stereocenters. The predicted octanol–water partition coefficient (Wildman–Crippen LogP) is 3.90. The Morgan fingerprint density at radius 1 is 1.05 bits per heavy atom. The van der Waals surface area contributed by atoms with E-state index in [4.69, 9.17) is 0 Å². The number of hydrogen-bond donors (Lipinski definition) is 1. The summed E-state index contributed by atoms with van der Waals surface area (Å²) >= 11 is 0. The molecule has 2 aromatic carbocycles. The van der Waals surface area contributed by atoms with Crippen molar-refractivity contribution >= 4 is 5.97 Å². The van der Waals surface area contributed by atoms with Gasteiger partial charge in [0, 0.05) is 12.0 Å². The third-order valence-corrected chi connectivity index (χ3v) is 4.22. The molecule has 0 aromatic heterocycles. The molecular weight excluding hydrogens is 293 g/mol. The van der Waals surface area contributed by atoms with Gasteiger partial charge in [0.2, 0.25) is 0 Å². The lowest BCUT2D eigenvalue weighted by Gasteiger charge is -2.13. The Morgan fingerprint density at radius 3 is 2.18 bits per heavy atom. The Bertz CT molecular complexity index is 707. The van der Waals surface area contributed by atoms with Gasteiger partial charge in [-0.2, -0.15) is 0 Å². The zero-order chi connectivity index (χ0) is 15.9. The average molecular weight is 306 g/mol. The quantitative estimate of drug-likeness (QED) is 0.930. The molecule has 2 aromatic rings. The summed E-state index contributed by atoms with van der Waals surface area (Å²) in [4.78, 5) is 11.6. The summed E-state index contributed by atoms with van der Waals surface area (Å²) in [5.41, 5.74) is -0.0527. The van der Waals surface area contributed by atoms with Gasteiger partial charge in [-0.3, -0.25) is 4.79 Å². The van der Waals surface area contributed by atoms with E-state index in [0.717, 1.165) is 23.8 Å². The minimum absolute atomic E-state index is 0.0407. The van der Waals surface area contributed by atoms with E-state index in [9.17, 15) is 23.1 Å². The van der Waals surface area contributed by atoms with Crippen molar-refractivity contribution in [3.63, 3.8) is 0 Å². The molecule has 1 aliphatic carbocycles. The van der Waals surface area contributed by atoms with Crippen molar-refractivity contribution in [1.82, 2.24) is 0 Å². The number of rotatable bonds is 4. The van der Waals surface area contributed by atoms with E-state index in [1.54, 1.807) is 12.1 Å². The normalized spacial score (nSPS) is 23.3. The van der Waals surface area contributed by atoms with Gasteiger partial charge in [-0.25, -0.2) is 13.2 Å². The summed E-state index contributed by atoms with van der Waals surface area (Å²) in [5, 5.41) is 9.53. The summed E-state index contributed by atoms with van der Waals surface area (Å²) in [5.74, 6) is -3.13. The molecule has 0 spiro atoms. The number of hydrogen-bond acceptors (Lipinski definition) is 1. The lowest BCUT2D eigenvalue weighted by atomic mass is 9.91. The molecule has 0 saturated heterocycles. The molecule has 1 N–H and O–H groups in total. The Kier molecular flexibility index (Phi) is 3.43. The molecule has 5 heteroatoms. The molecule has 22 heavy (non-hydrogen) atoms. The second-order valence-corrected chi connectivity index (χ2v) is 5.72. The molecule has 114 valence electrons. The van der Waals surface area contributed by atoms with Crippen LogP contribution in [0.15, 0.2) is 42.5 Å². The fraction of sp³-hybridized carbons (Fsp3) is 0.235. The number of aliphatic carboxylic acids is 1. The Labute approximate surface area is 125 Å². The minimum Gasteiger partial charge on any atom is -0.481 e. The van der Waals surface area contributed by atoms with Gasteiger partial charge in [0.05, 0.1) is 5.41 Å². The van der Waals surface area contributed by atoms with Crippen LogP contribution < -0.4 is 0 Å². The van der Waals surface area contributed by atoms with Gasteiger partial charge in [-0.15, -0.1) is 0 Å². The topological polar surface area (TPSA) is 37.3 Å². The zero-order valence-electron chi connectivity index (χ0n) is 11.5. The predicted molar refractivity (Wildman–Crippen MR) is 73.9 cm³/mol. The SMILES string of the molecule is O=C(O)C1(Cc2cc(F)cc(F)c2)CC1c1ccc(F)cc1. The molecule has 1 aliphatic rings. The van der Waals surface area contributed by atoms with Crippen LogP contribution in [0.1, 0.15) is 23.5 Å². The fourth-order valence-corrected chi connectivity index (χ4v) is 3.02. The monoisotopic (exact) mass is 306 g/mol. The van der Waals surface area contributed by atoms with Gasteiger partial charge >= 0.3 is 5.97 Å². The summed E-state index contributed by atoms with van der Waals surface area (Å²) in [6, 6.07) is 8.71. The van der Waals surface area contributed by atoms with Crippen LogP contribution in [-0.4, -0.2) is 11.1 Å². The van der Waals surface area contributed by atoms with Crippen molar-refractivity contribution in [2.75, 3.05) is 0 Å². The molecule has 0 aliphatic heterocycles. The first-order valence-corrected chi connectivity index (χ1v) is 6.84. The lowest BCUT2D eigenvalue weighted by molar-refractivity contribution is -0.143. The van der Waals surface area contributed by atoms with Crippen molar-refractivity contribution in [2.45, 2.75) is 18.8 Å². The molecule has 0 radical (unpaired) electrons. The molecule has 3 rings (SSSR count). The van der Waals surface area contributed by atoms with Crippen LogP contribution in [0.25, 0.3) is 0 Å². The maximum Gasteiger partial charge on any atom is 0.310 e. The molecular formula is C17H13F3O2. The van der Waals surface area contributed by atoms with E-state index < -0.39 is 28.8 Å². The summed E-state index contributed by atoms with van der Waals surface area (Å²) < 4.78 is 39.5. The standard InChI is InChI=1S/C17H13F3O2/c18-12-3-1-11(2-4-12)15-9-17(15,16(21)22)8-10-5-13(19)7-14(20)6-10/h1-7,15H,8-9H2,(H,21,22). The lowest BCUT2D eigenvalue weighted by Crippen LogP contribution is -2.20. The van der Waals surface area contributed by atoms with Crippen LogP contribution >= 0.6 is 0 Å². The van der Waals surface area contributed by atoms with Crippen molar-refractivity contribution in [2.24, 2.45) is 5.41 Å². The molecule has 1 fully saturated rings. The van der Waals surface area contributed by atoms with Crippen LogP contribution in [0.2, 0.25) is 0 Å². The summed E-state index contributed by atoms with van der Waals surface area (Å²) in [6.45, 7) is 0. The Hall–Kier alpha value is -2.30. The third kappa shape index (κ3) is 2.58. The average Bonchev–Trinajstić information content (AvgIpc) is 3.14. The van der Waals surface area contributed by atoms with Crippen LogP contribution in [0.5, 0.6) is 0 Å². The Balaban J connectivity index is 1.88. The molecule has 0 amide bonds. The summed E-state index contributed by atoms with van der Waals surface area (Å²) in [6.07, 6.45) is 0.408.